The molecule has 1 heterocycles. The summed E-state index contributed by atoms with van der Waals surface area (Å²) in [5, 5.41) is 2.71. The second-order valence-electron chi connectivity index (χ2n) is 6.33. The van der Waals surface area contributed by atoms with Crippen LogP contribution in [0.3, 0.4) is 0 Å². The predicted octanol–water partition coefficient (Wildman–Crippen LogP) is 3.35. The molecule has 0 aliphatic rings. The van der Waals surface area contributed by atoms with Crippen molar-refractivity contribution < 1.29 is 18.7 Å². The third-order valence-electron chi connectivity index (χ3n) is 4.12. The molecule has 0 aliphatic heterocycles. The van der Waals surface area contributed by atoms with Crippen LogP contribution < -0.4 is 10.1 Å². The number of anilines is 1. The van der Waals surface area contributed by atoms with Gasteiger partial charge in [0.05, 0.1) is 12.7 Å². The molecule has 1 amide bonds. The van der Waals surface area contributed by atoms with Gasteiger partial charge in [0.15, 0.2) is 0 Å². The maximum atomic E-state index is 13.6. The van der Waals surface area contributed by atoms with Crippen molar-refractivity contribution in [2.24, 2.45) is 0 Å². The Bertz CT molecular complexity index is 908. The number of amides is 1. The van der Waals surface area contributed by atoms with Crippen LogP contribution in [0, 0.1) is 5.82 Å². The lowest BCUT2D eigenvalue weighted by Crippen LogP contribution is -2.18. The van der Waals surface area contributed by atoms with E-state index in [9.17, 15) is 14.0 Å². The maximum Gasteiger partial charge on any atom is 0.258 e. The van der Waals surface area contributed by atoms with Crippen molar-refractivity contribution in [1.82, 2.24) is 9.88 Å². The zero-order valence-electron chi connectivity index (χ0n) is 16.7. The Labute approximate surface area is 169 Å². The monoisotopic (exact) mass is 397 g/mol. The van der Waals surface area contributed by atoms with Crippen LogP contribution in [0.4, 0.5) is 10.2 Å². The minimum absolute atomic E-state index is 0.333. The minimum atomic E-state index is -0.376. The number of aldehydes is 1. The number of nitrogens with one attached hydrogen (secondary N) is 1. The van der Waals surface area contributed by atoms with Gasteiger partial charge in [-0.05, 0) is 54.8 Å². The van der Waals surface area contributed by atoms with E-state index < -0.39 is 0 Å². The zero-order chi connectivity index (χ0) is 21.2. The Morgan fingerprint density at radius 2 is 2.07 bits per heavy atom. The van der Waals surface area contributed by atoms with Crippen LogP contribution in [0.5, 0.6) is 5.75 Å². The highest BCUT2D eigenvalue weighted by molar-refractivity contribution is 6.05. The summed E-state index contributed by atoms with van der Waals surface area (Å²) in [4.78, 5) is 29.2. The first-order valence-electron chi connectivity index (χ1n) is 9.08. The van der Waals surface area contributed by atoms with Gasteiger partial charge in [-0.1, -0.05) is 6.07 Å². The largest absolute Gasteiger partial charge is 0.497 e. The molecule has 0 fully saturated rings. The van der Waals surface area contributed by atoms with Crippen molar-refractivity contribution >= 4 is 18.0 Å². The molecule has 29 heavy (non-hydrogen) atoms. The van der Waals surface area contributed by atoms with E-state index in [4.69, 9.17) is 4.74 Å². The van der Waals surface area contributed by atoms with E-state index in [-0.39, 0.29) is 11.7 Å². The van der Waals surface area contributed by atoms with Crippen molar-refractivity contribution in [3.8, 4) is 5.75 Å². The number of carbonyl (C=O) groups excluding carboxylic acids is 2. The molecule has 0 bridgehead atoms. The first-order valence-corrected chi connectivity index (χ1v) is 9.08. The average Bonchev–Trinajstić information content (AvgIpc) is 2.71. The standard InChI is InChI=1S/C22H24FN3O3/c1-4-26(2)15-18(6-5-9-27)22(28)25-21-8-7-16(14-24-21)10-17-11-19(23)13-20(12-17)29-3/h5-9,11-15H,4,10H2,1-3H3,(H,24,25,28)/b6-5-,18-15+. The molecule has 0 spiro atoms. The van der Waals surface area contributed by atoms with Gasteiger partial charge in [-0.2, -0.15) is 0 Å². The minimum Gasteiger partial charge on any atom is -0.497 e. The maximum absolute atomic E-state index is 13.6. The van der Waals surface area contributed by atoms with Gasteiger partial charge in [-0.15, -0.1) is 0 Å². The second-order valence-corrected chi connectivity index (χ2v) is 6.33. The molecule has 0 atom stereocenters. The molecule has 0 saturated carbocycles. The highest BCUT2D eigenvalue weighted by Crippen LogP contribution is 2.19. The summed E-state index contributed by atoms with van der Waals surface area (Å²) >= 11 is 0. The van der Waals surface area contributed by atoms with E-state index in [1.54, 1.807) is 24.5 Å². The number of nitrogens with zero attached hydrogens (tertiary/aromatic N) is 2. The van der Waals surface area contributed by atoms with Crippen molar-refractivity contribution in [1.29, 1.82) is 0 Å². The van der Waals surface area contributed by atoms with Gasteiger partial charge < -0.3 is 15.0 Å². The highest BCUT2D eigenvalue weighted by atomic mass is 19.1. The van der Waals surface area contributed by atoms with E-state index in [2.05, 4.69) is 10.3 Å². The number of aromatic nitrogens is 1. The summed E-state index contributed by atoms with van der Waals surface area (Å²) in [6.45, 7) is 2.66. The van der Waals surface area contributed by atoms with E-state index in [1.165, 1.54) is 31.4 Å². The van der Waals surface area contributed by atoms with E-state index >= 15 is 0 Å². The number of ether oxygens (including phenoxy) is 1. The zero-order valence-corrected chi connectivity index (χ0v) is 16.7. The molecule has 0 aliphatic carbocycles. The summed E-state index contributed by atoms with van der Waals surface area (Å²) in [5.74, 6) is 0.0890. The van der Waals surface area contributed by atoms with Gasteiger partial charge in [-0.3, -0.25) is 9.59 Å². The molecule has 0 radical (unpaired) electrons. The van der Waals surface area contributed by atoms with Gasteiger partial charge in [0.1, 0.15) is 23.7 Å². The van der Waals surface area contributed by atoms with Crippen LogP contribution in [-0.2, 0) is 16.0 Å². The lowest BCUT2D eigenvalue weighted by molar-refractivity contribution is -0.112. The van der Waals surface area contributed by atoms with Gasteiger partial charge >= 0.3 is 0 Å². The van der Waals surface area contributed by atoms with Crippen molar-refractivity contribution in [2.75, 3.05) is 26.0 Å². The topological polar surface area (TPSA) is 71.5 Å². The number of allylic oxidation sites excluding steroid dienone is 1. The fourth-order valence-electron chi connectivity index (χ4n) is 2.52. The van der Waals surface area contributed by atoms with E-state index in [1.807, 2.05) is 24.9 Å². The van der Waals surface area contributed by atoms with Crippen LogP contribution in [0.15, 0.2) is 60.5 Å². The lowest BCUT2D eigenvalue weighted by Gasteiger charge is -2.13. The summed E-state index contributed by atoms with van der Waals surface area (Å²) in [6, 6.07) is 8.01. The third-order valence-corrected chi connectivity index (χ3v) is 4.12. The highest BCUT2D eigenvalue weighted by Gasteiger charge is 2.09. The number of hydrogen-bond donors (Lipinski definition) is 1. The molecule has 1 aromatic heterocycles. The van der Waals surface area contributed by atoms with Crippen molar-refractivity contribution in [2.45, 2.75) is 13.3 Å². The molecule has 1 N–H and O–H groups in total. The Balaban J connectivity index is 2.10. The summed E-state index contributed by atoms with van der Waals surface area (Å²) in [6.07, 6.45) is 7.07. The number of halogens is 1. The smallest absolute Gasteiger partial charge is 0.258 e. The van der Waals surface area contributed by atoms with Crippen LogP contribution >= 0.6 is 0 Å². The quantitative estimate of drug-likeness (QED) is 0.399. The summed E-state index contributed by atoms with van der Waals surface area (Å²) in [5.41, 5.74) is 1.95. The van der Waals surface area contributed by atoms with Gasteiger partial charge in [-0.25, -0.2) is 9.37 Å². The summed E-state index contributed by atoms with van der Waals surface area (Å²) < 4.78 is 18.7. The molecule has 0 unspecified atom stereocenters. The first-order chi connectivity index (χ1) is 13.9. The molecule has 152 valence electrons. The van der Waals surface area contributed by atoms with Crippen LogP contribution in [0.25, 0.3) is 0 Å². The van der Waals surface area contributed by atoms with Gasteiger partial charge in [0.25, 0.3) is 5.91 Å². The second kappa shape index (κ2) is 10.8. The number of carbonyl (C=O) groups is 2. The van der Waals surface area contributed by atoms with Crippen LogP contribution in [0.2, 0.25) is 0 Å². The molecule has 2 rings (SSSR count). The van der Waals surface area contributed by atoms with Crippen LogP contribution in [-0.4, -0.2) is 42.8 Å². The van der Waals surface area contributed by atoms with E-state index in [0.717, 1.165) is 11.1 Å². The fourth-order valence-corrected chi connectivity index (χ4v) is 2.52. The van der Waals surface area contributed by atoms with Gasteiger partial charge in [0, 0.05) is 32.1 Å². The molecule has 0 saturated heterocycles. The first kappa shape index (κ1) is 21.8. The molecular formula is C22H24FN3O3. The Hall–Kier alpha value is -3.48. The Kier molecular flexibility index (Phi) is 8.09. The molecule has 6 nitrogen and oxygen atoms in total. The number of benzene rings is 1. The van der Waals surface area contributed by atoms with Gasteiger partial charge in [0.2, 0.25) is 0 Å². The fraction of sp³-hybridized carbons (Fsp3) is 0.227. The average molecular weight is 397 g/mol. The Morgan fingerprint density at radius 3 is 2.69 bits per heavy atom. The molecule has 2 aromatic rings. The predicted molar refractivity (Wildman–Crippen MR) is 110 cm³/mol. The van der Waals surface area contributed by atoms with Crippen molar-refractivity contribution in [3.63, 3.8) is 0 Å². The van der Waals surface area contributed by atoms with Crippen LogP contribution in [0.1, 0.15) is 18.1 Å². The number of rotatable bonds is 9. The number of methoxy groups -OCH3 is 1. The number of hydrogen-bond acceptors (Lipinski definition) is 5. The number of pyridine rings is 1. The SMILES string of the molecule is CCN(C)/C=C(\C=C/C=O)C(=O)Nc1ccc(Cc2cc(F)cc(OC)c2)cn1. The summed E-state index contributed by atoms with van der Waals surface area (Å²) in [7, 11) is 3.32. The lowest BCUT2D eigenvalue weighted by atomic mass is 10.1. The Morgan fingerprint density at radius 1 is 1.28 bits per heavy atom. The third kappa shape index (κ3) is 6.88. The van der Waals surface area contributed by atoms with Crippen molar-refractivity contribution in [3.05, 3.63) is 77.4 Å². The molecule has 7 heteroatoms. The molecular weight excluding hydrogens is 373 g/mol. The van der Waals surface area contributed by atoms with E-state index in [0.29, 0.717) is 36.4 Å². The normalized spacial score (nSPS) is 11.4. The molecule has 1 aromatic carbocycles.